The Bertz CT molecular complexity index is 1090. The summed E-state index contributed by atoms with van der Waals surface area (Å²) in [7, 11) is 0. The molecule has 2 N–H and O–H groups in total. The highest BCUT2D eigenvalue weighted by atomic mass is 16.5. The molecule has 5 atom stereocenters. The number of fused-ring (bicyclic) bond motifs is 4. The number of alkyl carbamates (subject to hydrolysis) is 1. The van der Waals surface area contributed by atoms with Crippen LogP contribution in [0.15, 0.2) is 54.6 Å². The second kappa shape index (κ2) is 10.1. The number of nitrogens with zero attached hydrogens (tertiary/aromatic N) is 1. The number of hydrogen-bond acceptors (Lipinski definition) is 6. The first-order valence-corrected chi connectivity index (χ1v) is 12.7. The zero-order chi connectivity index (χ0) is 25.3. The van der Waals surface area contributed by atoms with E-state index in [1.807, 2.05) is 48.5 Å². The third-order valence-electron chi connectivity index (χ3n) is 7.70. The molecule has 36 heavy (non-hydrogen) atoms. The van der Waals surface area contributed by atoms with Gasteiger partial charge in [-0.25, -0.2) is 4.79 Å². The Labute approximate surface area is 211 Å². The van der Waals surface area contributed by atoms with Crippen LogP contribution in [0, 0.1) is 11.8 Å². The normalized spacial score (nSPS) is 26.9. The maximum atomic E-state index is 13.2. The van der Waals surface area contributed by atoms with Crippen LogP contribution >= 0.6 is 0 Å². The second-order valence-corrected chi connectivity index (χ2v) is 10.5. The smallest absolute Gasteiger partial charge is 0.408 e. The molecule has 2 fully saturated rings. The van der Waals surface area contributed by atoms with Crippen molar-refractivity contribution in [1.29, 1.82) is 0 Å². The van der Waals surface area contributed by atoms with Gasteiger partial charge in [0.1, 0.15) is 24.0 Å². The summed E-state index contributed by atoms with van der Waals surface area (Å²) in [6.45, 7) is 4.82. The summed E-state index contributed by atoms with van der Waals surface area (Å²) >= 11 is 0. The Hall–Kier alpha value is -3.10. The number of aliphatic hydroxyl groups is 1. The molecule has 3 aliphatic rings. The quantitative estimate of drug-likeness (QED) is 0.661. The first-order valence-electron chi connectivity index (χ1n) is 12.7. The van der Waals surface area contributed by atoms with Crippen LogP contribution in [0.4, 0.5) is 4.79 Å². The summed E-state index contributed by atoms with van der Waals surface area (Å²) in [6, 6.07) is 16.3. The third kappa shape index (κ3) is 4.92. The highest BCUT2D eigenvalue weighted by Crippen LogP contribution is 2.52. The molecule has 3 aliphatic heterocycles. The molecular weight excluding hydrogens is 460 g/mol. The van der Waals surface area contributed by atoms with E-state index >= 15 is 0 Å². The number of carbonyl (C=O) groups is 2. The predicted molar refractivity (Wildman–Crippen MR) is 132 cm³/mol. The van der Waals surface area contributed by atoms with Crippen LogP contribution in [0.1, 0.15) is 43.9 Å². The lowest BCUT2D eigenvalue weighted by Gasteiger charge is -2.53. The Morgan fingerprint density at radius 2 is 1.92 bits per heavy atom. The van der Waals surface area contributed by atoms with Crippen molar-refractivity contribution < 1.29 is 28.9 Å². The SMILES string of the molecule is CC1(C)Oc2ccccc2[C@@H]2O[C@@H]3CCN(C(=O)[C@H](CO)NC(=O)OCc4ccccc4)C[C@@H]3C[C@H]21. The van der Waals surface area contributed by atoms with Crippen LogP contribution in [0.25, 0.3) is 0 Å². The number of para-hydroxylation sites is 1. The van der Waals surface area contributed by atoms with Gasteiger partial charge in [-0.3, -0.25) is 4.79 Å². The largest absolute Gasteiger partial charge is 0.487 e. The monoisotopic (exact) mass is 494 g/mol. The minimum absolute atomic E-state index is 0.0281. The van der Waals surface area contributed by atoms with Crippen molar-refractivity contribution in [2.24, 2.45) is 11.8 Å². The molecule has 8 heteroatoms. The van der Waals surface area contributed by atoms with E-state index in [0.717, 1.165) is 23.3 Å². The van der Waals surface area contributed by atoms with Gasteiger partial charge in [-0.05, 0) is 38.3 Å². The molecule has 0 spiro atoms. The summed E-state index contributed by atoms with van der Waals surface area (Å²) in [4.78, 5) is 27.2. The van der Waals surface area contributed by atoms with Gasteiger partial charge in [0.25, 0.3) is 0 Å². The van der Waals surface area contributed by atoms with Crippen LogP contribution in [0.3, 0.4) is 0 Å². The predicted octanol–water partition coefficient (Wildman–Crippen LogP) is 3.44. The van der Waals surface area contributed by atoms with Crippen molar-refractivity contribution in [1.82, 2.24) is 10.2 Å². The molecule has 5 rings (SSSR count). The Morgan fingerprint density at radius 3 is 2.69 bits per heavy atom. The fourth-order valence-corrected chi connectivity index (χ4v) is 5.77. The number of benzene rings is 2. The van der Waals surface area contributed by atoms with Crippen molar-refractivity contribution in [2.45, 2.75) is 57.1 Å². The van der Waals surface area contributed by atoms with Crippen LogP contribution in [-0.4, -0.2) is 59.5 Å². The standard InChI is InChI=1S/C28H34N2O6/c1-28(2)21-14-19-15-30(13-12-23(19)35-25(21)20-10-6-7-11-24(20)36-28)26(32)22(16-31)29-27(33)34-17-18-8-4-3-5-9-18/h3-11,19,21-23,25,31H,12-17H2,1-2H3,(H,29,33)/t19-,21+,22-,23+,25-/m0/s1. The molecule has 8 nitrogen and oxygen atoms in total. The molecule has 2 aromatic carbocycles. The topological polar surface area (TPSA) is 97.3 Å². The van der Waals surface area contributed by atoms with E-state index in [9.17, 15) is 14.7 Å². The van der Waals surface area contributed by atoms with Gasteiger partial charge in [0.05, 0.1) is 18.8 Å². The van der Waals surface area contributed by atoms with Gasteiger partial charge >= 0.3 is 6.09 Å². The number of likely N-dealkylation sites (tertiary alicyclic amines) is 1. The number of rotatable bonds is 5. The summed E-state index contributed by atoms with van der Waals surface area (Å²) < 4.78 is 18.2. The van der Waals surface area contributed by atoms with Crippen LogP contribution in [-0.2, 0) is 20.9 Å². The van der Waals surface area contributed by atoms with E-state index in [4.69, 9.17) is 14.2 Å². The summed E-state index contributed by atoms with van der Waals surface area (Å²) in [6.07, 6.45) is 0.870. The average Bonchev–Trinajstić information content (AvgIpc) is 2.89. The number of nitrogens with one attached hydrogen (secondary N) is 1. The van der Waals surface area contributed by atoms with Crippen LogP contribution in [0.5, 0.6) is 5.75 Å². The highest BCUT2D eigenvalue weighted by Gasteiger charge is 2.51. The van der Waals surface area contributed by atoms with Gasteiger partial charge in [-0.2, -0.15) is 0 Å². The van der Waals surface area contributed by atoms with E-state index < -0.39 is 24.3 Å². The lowest BCUT2D eigenvalue weighted by atomic mass is 9.70. The zero-order valence-electron chi connectivity index (χ0n) is 20.8. The Morgan fingerprint density at radius 1 is 1.17 bits per heavy atom. The lowest BCUT2D eigenvalue weighted by molar-refractivity contribution is -0.189. The molecular formula is C28H34N2O6. The summed E-state index contributed by atoms with van der Waals surface area (Å²) in [5.41, 5.74) is 1.54. The minimum atomic E-state index is -1.05. The molecule has 0 aliphatic carbocycles. The number of amides is 2. The van der Waals surface area contributed by atoms with E-state index in [2.05, 4.69) is 25.2 Å². The highest BCUT2D eigenvalue weighted by molar-refractivity contribution is 5.86. The van der Waals surface area contributed by atoms with Crippen molar-refractivity contribution >= 4 is 12.0 Å². The van der Waals surface area contributed by atoms with Crippen LogP contribution in [0.2, 0.25) is 0 Å². The van der Waals surface area contributed by atoms with Gasteiger partial charge in [-0.1, -0.05) is 48.5 Å². The summed E-state index contributed by atoms with van der Waals surface area (Å²) in [5, 5.41) is 12.4. The maximum Gasteiger partial charge on any atom is 0.408 e. The first-order chi connectivity index (χ1) is 17.4. The van der Waals surface area contributed by atoms with Gasteiger partial charge in [0.2, 0.25) is 5.91 Å². The van der Waals surface area contributed by atoms with Gasteiger partial charge in [0.15, 0.2) is 0 Å². The Balaban J connectivity index is 1.21. The number of piperidine rings is 1. The summed E-state index contributed by atoms with van der Waals surface area (Å²) in [5.74, 6) is 0.884. The molecule has 3 heterocycles. The number of hydrogen-bond donors (Lipinski definition) is 2. The van der Waals surface area contributed by atoms with Crippen molar-refractivity contribution in [3.63, 3.8) is 0 Å². The number of aliphatic hydroxyl groups excluding tert-OH is 1. The van der Waals surface area contributed by atoms with Crippen molar-refractivity contribution in [2.75, 3.05) is 19.7 Å². The van der Waals surface area contributed by atoms with Crippen molar-refractivity contribution in [3.05, 3.63) is 65.7 Å². The molecule has 2 amide bonds. The molecule has 0 unspecified atom stereocenters. The van der Waals surface area contributed by atoms with E-state index in [1.54, 1.807) is 4.90 Å². The zero-order valence-corrected chi connectivity index (χ0v) is 20.8. The average molecular weight is 495 g/mol. The maximum absolute atomic E-state index is 13.2. The van der Waals surface area contributed by atoms with E-state index in [0.29, 0.717) is 19.5 Å². The molecule has 0 bridgehead atoms. The number of carbonyl (C=O) groups excluding carboxylic acids is 2. The van der Waals surface area contributed by atoms with E-state index in [1.165, 1.54) is 0 Å². The van der Waals surface area contributed by atoms with Crippen LogP contribution < -0.4 is 10.1 Å². The molecule has 0 saturated carbocycles. The molecule has 0 aromatic heterocycles. The molecule has 192 valence electrons. The fraction of sp³-hybridized carbons (Fsp3) is 0.500. The Kier molecular flexibility index (Phi) is 6.90. The molecule has 2 saturated heterocycles. The molecule has 2 aromatic rings. The van der Waals surface area contributed by atoms with Gasteiger partial charge in [0, 0.05) is 30.5 Å². The lowest BCUT2D eigenvalue weighted by Crippen LogP contribution is -2.58. The second-order valence-electron chi connectivity index (χ2n) is 10.5. The fourth-order valence-electron chi connectivity index (χ4n) is 5.77. The van der Waals surface area contributed by atoms with Gasteiger partial charge in [-0.15, -0.1) is 0 Å². The molecule has 0 radical (unpaired) electrons. The number of ether oxygens (including phenoxy) is 3. The van der Waals surface area contributed by atoms with Crippen molar-refractivity contribution in [3.8, 4) is 5.75 Å². The van der Waals surface area contributed by atoms with E-state index in [-0.39, 0.29) is 36.6 Å². The minimum Gasteiger partial charge on any atom is -0.487 e. The van der Waals surface area contributed by atoms with Gasteiger partial charge < -0.3 is 29.5 Å². The first kappa shape index (κ1) is 24.6. The third-order valence-corrected chi connectivity index (χ3v) is 7.70.